The molecule has 0 bridgehead atoms. The molecule has 2 aromatic carbocycles. The van der Waals surface area contributed by atoms with Gasteiger partial charge in [0, 0.05) is 36.3 Å². The Labute approximate surface area is 172 Å². The molecular weight excluding hydrogens is 380 g/mol. The Balaban J connectivity index is 0.00000280. The fourth-order valence-electron chi connectivity index (χ4n) is 3.54. The third kappa shape index (κ3) is 4.18. The monoisotopic (exact) mass is 406 g/mol. The number of nitrogens with one attached hydrogen (secondary N) is 1. The topological polar surface area (TPSA) is 60.0 Å². The summed E-state index contributed by atoms with van der Waals surface area (Å²) in [5.74, 6) is 2.01. The lowest BCUT2D eigenvalue weighted by atomic mass is 10.00. The fourth-order valence-corrected chi connectivity index (χ4v) is 3.54. The van der Waals surface area contributed by atoms with Crippen LogP contribution in [0.1, 0.15) is 27.5 Å². The van der Waals surface area contributed by atoms with Crippen LogP contribution >= 0.6 is 12.4 Å². The standard InChI is InChI=1S/C21H26N2O4.ClH/c1-14-19(26-3)11-15(12-20(14)27-4)21(24)23-10-9-22-13-17(23)16-7-5-6-8-18(16)25-2;/h5-8,11-12,17,22H,9-10,13H2,1-4H3;1H. The van der Waals surface area contributed by atoms with E-state index in [0.717, 1.165) is 23.4 Å². The average Bonchev–Trinajstić information content (AvgIpc) is 2.73. The lowest BCUT2D eigenvalue weighted by molar-refractivity contribution is 0.0631. The number of methoxy groups -OCH3 is 3. The largest absolute Gasteiger partial charge is 0.496 e. The number of ether oxygens (including phenoxy) is 3. The minimum Gasteiger partial charge on any atom is -0.496 e. The summed E-state index contributed by atoms with van der Waals surface area (Å²) in [6.07, 6.45) is 0. The van der Waals surface area contributed by atoms with Gasteiger partial charge in [-0.05, 0) is 25.1 Å². The number of carbonyl (C=O) groups excluding carboxylic acids is 1. The first-order valence-electron chi connectivity index (χ1n) is 8.98. The van der Waals surface area contributed by atoms with Gasteiger partial charge in [-0.2, -0.15) is 0 Å². The van der Waals surface area contributed by atoms with Gasteiger partial charge in [0.1, 0.15) is 17.2 Å². The number of benzene rings is 2. The molecule has 152 valence electrons. The predicted octanol–water partition coefficient (Wildman–Crippen LogP) is 3.23. The van der Waals surface area contributed by atoms with Gasteiger partial charge in [0.25, 0.3) is 5.91 Å². The number of amides is 1. The highest BCUT2D eigenvalue weighted by atomic mass is 35.5. The Kier molecular flexibility index (Phi) is 7.54. The van der Waals surface area contributed by atoms with Crippen molar-refractivity contribution in [3.63, 3.8) is 0 Å². The first-order valence-corrected chi connectivity index (χ1v) is 8.98. The third-order valence-electron chi connectivity index (χ3n) is 5.00. The summed E-state index contributed by atoms with van der Waals surface area (Å²) in [5.41, 5.74) is 2.42. The van der Waals surface area contributed by atoms with E-state index in [9.17, 15) is 4.79 Å². The minimum absolute atomic E-state index is 0. The Morgan fingerprint density at radius 3 is 2.25 bits per heavy atom. The van der Waals surface area contributed by atoms with Gasteiger partial charge < -0.3 is 24.4 Å². The van der Waals surface area contributed by atoms with Crippen molar-refractivity contribution < 1.29 is 19.0 Å². The molecule has 1 atom stereocenters. The van der Waals surface area contributed by atoms with Crippen molar-refractivity contribution in [2.45, 2.75) is 13.0 Å². The van der Waals surface area contributed by atoms with Gasteiger partial charge >= 0.3 is 0 Å². The lowest BCUT2D eigenvalue weighted by Crippen LogP contribution is -2.48. The predicted molar refractivity (Wildman–Crippen MR) is 111 cm³/mol. The number of hydrogen-bond acceptors (Lipinski definition) is 5. The van der Waals surface area contributed by atoms with Crippen LogP contribution in [0, 0.1) is 6.92 Å². The number of carbonyl (C=O) groups is 1. The second kappa shape index (κ2) is 9.66. The van der Waals surface area contributed by atoms with Crippen molar-refractivity contribution in [1.82, 2.24) is 10.2 Å². The Bertz CT molecular complexity index is 803. The smallest absolute Gasteiger partial charge is 0.254 e. The van der Waals surface area contributed by atoms with Crippen molar-refractivity contribution in [3.8, 4) is 17.2 Å². The van der Waals surface area contributed by atoms with E-state index in [0.29, 0.717) is 30.2 Å². The number of nitrogens with zero attached hydrogens (tertiary/aromatic N) is 1. The number of para-hydroxylation sites is 1. The quantitative estimate of drug-likeness (QED) is 0.826. The van der Waals surface area contributed by atoms with E-state index in [1.54, 1.807) is 33.5 Å². The first kappa shape index (κ1) is 21.9. The molecule has 2 aromatic rings. The summed E-state index contributed by atoms with van der Waals surface area (Å²) < 4.78 is 16.4. The maximum absolute atomic E-state index is 13.4. The molecule has 0 radical (unpaired) electrons. The van der Waals surface area contributed by atoms with Crippen LogP contribution in [-0.4, -0.2) is 51.8 Å². The highest BCUT2D eigenvalue weighted by Crippen LogP contribution is 2.34. The molecule has 1 fully saturated rings. The Morgan fingerprint density at radius 2 is 1.64 bits per heavy atom. The molecule has 1 aliphatic rings. The van der Waals surface area contributed by atoms with Crippen molar-refractivity contribution in [2.75, 3.05) is 41.0 Å². The molecule has 3 rings (SSSR count). The average molecular weight is 407 g/mol. The van der Waals surface area contributed by atoms with Crippen LogP contribution in [0.3, 0.4) is 0 Å². The van der Waals surface area contributed by atoms with Crippen molar-refractivity contribution in [1.29, 1.82) is 0 Å². The summed E-state index contributed by atoms with van der Waals surface area (Å²) in [6, 6.07) is 11.3. The van der Waals surface area contributed by atoms with Crippen LogP contribution in [-0.2, 0) is 0 Å². The van der Waals surface area contributed by atoms with Crippen LogP contribution in [0.4, 0.5) is 0 Å². The van der Waals surface area contributed by atoms with E-state index in [1.165, 1.54) is 0 Å². The van der Waals surface area contributed by atoms with Crippen LogP contribution in [0.2, 0.25) is 0 Å². The van der Waals surface area contributed by atoms with Crippen LogP contribution < -0.4 is 19.5 Å². The molecule has 6 nitrogen and oxygen atoms in total. The molecule has 0 spiro atoms. The van der Waals surface area contributed by atoms with E-state index < -0.39 is 0 Å². The number of rotatable bonds is 5. The van der Waals surface area contributed by atoms with Crippen molar-refractivity contribution in [3.05, 3.63) is 53.1 Å². The highest BCUT2D eigenvalue weighted by Gasteiger charge is 2.31. The van der Waals surface area contributed by atoms with E-state index in [2.05, 4.69) is 5.32 Å². The Hall–Kier alpha value is -2.44. The van der Waals surface area contributed by atoms with Gasteiger partial charge in [-0.15, -0.1) is 12.4 Å². The summed E-state index contributed by atoms with van der Waals surface area (Å²) in [4.78, 5) is 15.3. The van der Waals surface area contributed by atoms with Gasteiger partial charge in [-0.3, -0.25) is 4.79 Å². The number of halogens is 1. The summed E-state index contributed by atoms with van der Waals surface area (Å²) in [5, 5.41) is 3.38. The molecule has 7 heteroatoms. The molecule has 1 saturated heterocycles. The van der Waals surface area contributed by atoms with Crippen molar-refractivity contribution in [2.24, 2.45) is 0 Å². The molecule has 1 aliphatic heterocycles. The zero-order chi connectivity index (χ0) is 19.4. The van der Waals surface area contributed by atoms with Crippen molar-refractivity contribution >= 4 is 18.3 Å². The molecular formula is C21H27ClN2O4. The minimum atomic E-state index is -0.110. The first-order chi connectivity index (χ1) is 13.1. The summed E-state index contributed by atoms with van der Waals surface area (Å²) in [7, 11) is 4.84. The molecule has 0 saturated carbocycles. The molecule has 1 unspecified atom stereocenters. The number of hydrogen-bond donors (Lipinski definition) is 1. The molecule has 28 heavy (non-hydrogen) atoms. The van der Waals surface area contributed by atoms with E-state index in [-0.39, 0.29) is 24.4 Å². The SMILES string of the molecule is COc1ccccc1C1CNCCN1C(=O)c1cc(OC)c(C)c(OC)c1.Cl. The second-order valence-corrected chi connectivity index (χ2v) is 6.47. The highest BCUT2D eigenvalue weighted by molar-refractivity contribution is 5.95. The van der Waals surface area contributed by atoms with Gasteiger partial charge in [0.15, 0.2) is 0 Å². The maximum atomic E-state index is 13.4. The number of piperazine rings is 1. The molecule has 0 aliphatic carbocycles. The Morgan fingerprint density at radius 1 is 1.04 bits per heavy atom. The summed E-state index contributed by atoms with van der Waals surface area (Å²) in [6.45, 7) is 3.94. The zero-order valence-corrected chi connectivity index (χ0v) is 17.5. The van der Waals surface area contributed by atoms with Crippen LogP contribution in [0.15, 0.2) is 36.4 Å². The molecule has 0 aromatic heterocycles. The normalized spacial score (nSPS) is 16.1. The molecule has 1 heterocycles. The third-order valence-corrected chi connectivity index (χ3v) is 5.00. The van der Waals surface area contributed by atoms with Crippen LogP contribution in [0.5, 0.6) is 17.2 Å². The van der Waals surface area contributed by atoms with Gasteiger partial charge in [-0.25, -0.2) is 0 Å². The fraction of sp³-hybridized carbons (Fsp3) is 0.381. The maximum Gasteiger partial charge on any atom is 0.254 e. The zero-order valence-electron chi connectivity index (χ0n) is 16.7. The van der Waals surface area contributed by atoms with Gasteiger partial charge in [0.05, 0.1) is 27.4 Å². The van der Waals surface area contributed by atoms with E-state index in [4.69, 9.17) is 14.2 Å². The molecule has 1 amide bonds. The van der Waals surface area contributed by atoms with Gasteiger partial charge in [0.2, 0.25) is 0 Å². The second-order valence-electron chi connectivity index (χ2n) is 6.47. The van der Waals surface area contributed by atoms with E-state index in [1.807, 2.05) is 36.1 Å². The lowest BCUT2D eigenvalue weighted by Gasteiger charge is -2.37. The van der Waals surface area contributed by atoms with Crippen LogP contribution in [0.25, 0.3) is 0 Å². The summed E-state index contributed by atoms with van der Waals surface area (Å²) >= 11 is 0. The van der Waals surface area contributed by atoms with E-state index >= 15 is 0 Å². The van der Waals surface area contributed by atoms with Gasteiger partial charge in [-0.1, -0.05) is 18.2 Å². The molecule has 1 N–H and O–H groups in total.